The van der Waals surface area contributed by atoms with Crippen molar-refractivity contribution in [2.24, 2.45) is 0 Å². The van der Waals surface area contributed by atoms with E-state index in [1.807, 2.05) is 38.1 Å². The Bertz CT molecular complexity index is 2360. The van der Waals surface area contributed by atoms with Crippen molar-refractivity contribution in [3.05, 3.63) is 167 Å². The number of anilines is 2. The van der Waals surface area contributed by atoms with E-state index in [0.29, 0.717) is 22.9 Å². The number of aromatic hydroxyl groups is 2. The normalized spacial score (nSPS) is 11.0. The van der Waals surface area contributed by atoms with Gasteiger partial charge in [-0.1, -0.05) is 38.1 Å². The summed E-state index contributed by atoms with van der Waals surface area (Å²) >= 11 is 0. The van der Waals surface area contributed by atoms with Crippen molar-refractivity contribution in [3.63, 3.8) is 0 Å². The lowest BCUT2D eigenvalue weighted by Gasteiger charge is -2.26. The molecule has 0 radical (unpaired) electrons. The lowest BCUT2D eigenvalue weighted by molar-refractivity contribution is 0.0651. The fraction of sp³-hybridized carbons (Fsp3) is 0.0698. The van der Waals surface area contributed by atoms with E-state index < -0.39 is 29.2 Å². The molecule has 0 aromatic heterocycles. The van der Waals surface area contributed by atoms with E-state index in [2.05, 4.69) is 0 Å². The van der Waals surface area contributed by atoms with Gasteiger partial charge in [-0.3, -0.25) is 9.69 Å². The van der Waals surface area contributed by atoms with E-state index in [0.717, 1.165) is 17.2 Å². The van der Waals surface area contributed by atoms with Gasteiger partial charge < -0.3 is 35.0 Å². The van der Waals surface area contributed by atoms with Crippen LogP contribution in [0.3, 0.4) is 0 Å². The highest BCUT2D eigenvalue weighted by molar-refractivity contribution is 6.15. The molecule has 0 fully saturated rings. The van der Waals surface area contributed by atoms with Gasteiger partial charge in [0.15, 0.2) is 0 Å². The summed E-state index contributed by atoms with van der Waals surface area (Å²) in [4.78, 5) is 50.6. The van der Waals surface area contributed by atoms with E-state index in [1.165, 1.54) is 83.8 Å². The number of amides is 1. The first-order valence-corrected chi connectivity index (χ1v) is 16.7. The van der Waals surface area contributed by atoms with Gasteiger partial charge >= 0.3 is 17.9 Å². The van der Waals surface area contributed by atoms with E-state index in [9.17, 15) is 44.7 Å². The molecule has 0 saturated heterocycles. The van der Waals surface area contributed by atoms with Crippen molar-refractivity contribution >= 4 is 35.2 Å². The van der Waals surface area contributed by atoms with Crippen molar-refractivity contribution in [2.45, 2.75) is 19.3 Å². The van der Waals surface area contributed by atoms with Crippen molar-refractivity contribution < 1.29 is 54.2 Å². The second-order valence-corrected chi connectivity index (χ2v) is 12.9. The monoisotopic (exact) mass is 739 g/mol. The number of rotatable bonds is 12. The molecule has 12 heteroatoms. The van der Waals surface area contributed by atoms with Gasteiger partial charge in [0.05, 0.1) is 22.3 Å². The van der Waals surface area contributed by atoms with Gasteiger partial charge in [0.25, 0.3) is 5.91 Å². The predicted molar refractivity (Wildman–Crippen MR) is 202 cm³/mol. The Balaban J connectivity index is 1.19. The minimum absolute atomic E-state index is 0.0177. The molecule has 0 aliphatic heterocycles. The third-order valence-corrected chi connectivity index (χ3v) is 8.95. The molecule has 55 heavy (non-hydrogen) atoms. The minimum Gasteiger partial charge on any atom is -0.508 e. The van der Waals surface area contributed by atoms with Crippen LogP contribution < -0.4 is 14.4 Å². The molecule has 0 bridgehead atoms. The standard InChI is InChI=1S/C43H33NO11/c1-43(2,26-5-17-32(18-6-26)55-34-20-22-36(40(48)49)38(24-34)42(52)53)25-3-15-31(16-4-25)54-33-19-21-35(37(23-33)41(50)51)39(47)44(27-7-11-29(45)12-8-27)28-9-13-30(46)14-10-28/h3-24,45-46H,1-2H3,(H,48,49)(H,50,51)(H,52,53). The fourth-order valence-corrected chi connectivity index (χ4v) is 5.93. The number of nitrogens with zero attached hydrogens (tertiary/aromatic N) is 1. The van der Waals surface area contributed by atoms with Crippen LogP contribution in [0.5, 0.6) is 34.5 Å². The molecule has 12 nitrogen and oxygen atoms in total. The molecule has 276 valence electrons. The number of benzene rings is 6. The first-order chi connectivity index (χ1) is 26.2. The average Bonchev–Trinajstić information content (AvgIpc) is 3.16. The Morgan fingerprint density at radius 1 is 0.455 bits per heavy atom. The van der Waals surface area contributed by atoms with Crippen LogP contribution >= 0.6 is 0 Å². The number of hydrogen-bond acceptors (Lipinski definition) is 8. The summed E-state index contributed by atoms with van der Waals surface area (Å²) in [5.41, 5.74) is 0.952. The molecule has 0 unspecified atom stereocenters. The molecule has 5 N–H and O–H groups in total. The molecule has 0 aliphatic carbocycles. The van der Waals surface area contributed by atoms with Gasteiger partial charge in [0.1, 0.15) is 34.5 Å². The van der Waals surface area contributed by atoms with Crippen LogP contribution in [-0.4, -0.2) is 49.3 Å². The van der Waals surface area contributed by atoms with E-state index in [4.69, 9.17) is 9.47 Å². The van der Waals surface area contributed by atoms with Gasteiger partial charge in [0.2, 0.25) is 0 Å². The van der Waals surface area contributed by atoms with Crippen molar-refractivity contribution in [1.29, 1.82) is 0 Å². The average molecular weight is 740 g/mol. The molecule has 0 atom stereocenters. The van der Waals surface area contributed by atoms with Crippen LogP contribution in [0.1, 0.15) is 66.4 Å². The van der Waals surface area contributed by atoms with E-state index >= 15 is 0 Å². The van der Waals surface area contributed by atoms with Gasteiger partial charge in [-0.2, -0.15) is 0 Å². The quantitative estimate of drug-likeness (QED) is 0.0804. The topological polar surface area (TPSA) is 191 Å². The SMILES string of the molecule is CC(C)(c1ccc(Oc2ccc(C(=O)O)c(C(=O)O)c2)cc1)c1ccc(Oc2ccc(C(=O)N(c3ccc(O)cc3)c3ccc(O)cc3)c(C(=O)O)c2)cc1. The van der Waals surface area contributed by atoms with Gasteiger partial charge in [-0.05, 0) is 120 Å². The summed E-state index contributed by atoms with van der Waals surface area (Å²) in [7, 11) is 0. The summed E-state index contributed by atoms with van der Waals surface area (Å²) < 4.78 is 11.8. The summed E-state index contributed by atoms with van der Waals surface area (Å²) in [6.45, 7) is 4.05. The van der Waals surface area contributed by atoms with Crippen LogP contribution in [0, 0.1) is 0 Å². The van der Waals surface area contributed by atoms with Crippen LogP contribution in [0.2, 0.25) is 0 Å². The Hall–Kier alpha value is -7.60. The molecule has 6 rings (SSSR count). The molecule has 6 aromatic carbocycles. The highest BCUT2D eigenvalue weighted by Crippen LogP contribution is 2.36. The first-order valence-electron chi connectivity index (χ1n) is 16.7. The van der Waals surface area contributed by atoms with Crippen LogP contribution in [0.15, 0.2) is 133 Å². The molecular weight excluding hydrogens is 706 g/mol. The molecule has 0 saturated carbocycles. The number of phenolic OH excluding ortho intramolecular Hbond substituents is 2. The summed E-state index contributed by atoms with van der Waals surface area (Å²) in [5, 5.41) is 48.4. The Kier molecular flexibility index (Phi) is 10.3. The second kappa shape index (κ2) is 15.2. The zero-order valence-corrected chi connectivity index (χ0v) is 29.3. The van der Waals surface area contributed by atoms with Gasteiger partial charge in [0, 0.05) is 16.8 Å². The van der Waals surface area contributed by atoms with Gasteiger partial charge in [-0.25, -0.2) is 14.4 Å². The van der Waals surface area contributed by atoms with Crippen molar-refractivity contribution in [2.75, 3.05) is 4.90 Å². The smallest absolute Gasteiger partial charge is 0.336 e. The summed E-state index contributed by atoms with van der Waals surface area (Å²) in [6, 6.07) is 33.9. The number of carbonyl (C=O) groups is 4. The highest BCUT2D eigenvalue weighted by Gasteiger charge is 2.27. The van der Waals surface area contributed by atoms with Crippen LogP contribution in [0.4, 0.5) is 11.4 Å². The molecule has 0 aliphatic rings. The second-order valence-electron chi connectivity index (χ2n) is 12.9. The maximum Gasteiger partial charge on any atom is 0.336 e. The predicted octanol–water partition coefficient (Wildman–Crippen LogP) is 9.08. The number of carboxylic acid groups (broad SMARTS) is 3. The third kappa shape index (κ3) is 8.08. The third-order valence-electron chi connectivity index (χ3n) is 8.95. The van der Waals surface area contributed by atoms with E-state index in [-0.39, 0.29) is 45.3 Å². The maximum absolute atomic E-state index is 14.0. The fourth-order valence-electron chi connectivity index (χ4n) is 5.93. The highest BCUT2D eigenvalue weighted by atomic mass is 16.5. The summed E-state index contributed by atoms with van der Waals surface area (Å²) in [6.07, 6.45) is 0. The van der Waals surface area contributed by atoms with Crippen LogP contribution in [0.25, 0.3) is 0 Å². The summed E-state index contributed by atoms with van der Waals surface area (Å²) in [5.74, 6) is -3.58. The van der Waals surface area contributed by atoms with Gasteiger partial charge in [-0.15, -0.1) is 0 Å². The molecular formula is C43H33NO11. The number of aromatic carboxylic acids is 3. The minimum atomic E-state index is -1.38. The molecule has 0 spiro atoms. The number of carbonyl (C=O) groups excluding carboxylic acids is 1. The Morgan fingerprint density at radius 3 is 1.18 bits per heavy atom. The first kappa shape index (κ1) is 37.2. The maximum atomic E-state index is 14.0. The number of phenols is 2. The van der Waals surface area contributed by atoms with E-state index in [1.54, 1.807) is 24.3 Å². The molecule has 0 heterocycles. The zero-order valence-electron chi connectivity index (χ0n) is 29.3. The largest absolute Gasteiger partial charge is 0.508 e. The lowest BCUT2D eigenvalue weighted by Crippen LogP contribution is -2.27. The Labute approximate surface area is 314 Å². The zero-order chi connectivity index (χ0) is 39.4. The lowest BCUT2D eigenvalue weighted by atomic mass is 9.78. The van der Waals surface area contributed by atoms with Crippen molar-refractivity contribution in [3.8, 4) is 34.5 Å². The molecule has 1 amide bonds. The number of ether oxygens (including phenoxy) is 2. The van der Waals surface area contributed by atoms with Crippen molar-refractivity contribution in [1.82, 2.24) is 0 Å². The molecule has 6 aromatic rings. The number of hydrogen-bond donors (Lipinski definition) is 5. The Morgan fingerprint density at radius 2 is 0.800 bits per heavy atom. The number of carboxylic acids is 3. The van der Waals surface area contributed by atoms with Crippen LogP contribution in [-0.2, 0) is 5.41 Å².